The maximum atomic E-state index is 13.2. The number of aryl methyl sites for hydroxylation is 1. The first-order chi connectivity index (χ1) is 16.1. The molecule has 1 amide bonds. The quantitative estimate of drug-likeness (QED) is 0.490. The molecule has 0 fully saturated rings. The van der Waals surface area contributed by atoms with Gasteiger partial charge in [-0.05, 0) is 48.9 Å². The molecule has 0 aliphatic rings. The molecule has 0 aromatic heterocycles. The van der Waals surface area contributed by atoms with E-state index in [-0.39, 0.29) is 10.5 Å². The lowest BCUT2D eigenvalue weighted by atomic mass is 10.1. The number of anilines is 1. The smallest absolute Gasteiger partial charge is 0.339 e. The van der Waals surface area contributed by atoms with Crippen molar-refractivity contribution < 1.29 is 27.5 Å². The zero-order valence-electron chi connectivity index (χ0n) is 19.3. The van der Waals surface area contributed by atoms with Crippen LogP contribution in [0.25, 0.3) is 0 Å². The fourth-order valence-corrected chi connectivity index (χ4v) is 4.07. The summed E-state index contributed by atoms with van der Waals surface area (Å²) < 4.78 is 36.5. The van der Waals surface area contributed by atoms with Crippen molar-refractivity contribution in [3.05, 3.63) is 89.5 Å². The van der Waals surface area contributed by atoms with Gasteiger partial charge in [-0.2, -0.15) is 0 Å². The number of carbonyl (C=O) groups excluding carboxylic acids is 2. The van der Waals surface area contributed by atoms with Crippen LogP contribution in [0.2, 0.25) is 0 Å². The Kier molecular flexibility index (Phi) is 7.70. The molecule has 1 atom stereocenters. The van der Waals surface area contributed by atoms with E-state index >= 15 is 0 Å². The number of hydrogen-bond donors (Lipinski definition) is 1. The van der Waals surface area contributed by atoms with E-state index in [2.05, 4.69) is 5.32 Å². The molecule has 9 heteroatoms. The van der Waals surface area contributed by atoms with Crippen LogP contribution >= 0.6 is 0 Å². The third-order valence-electron chi connectivity index (χ3n) is 5.05. The average molecular weight is 483 g/mol. The molecule has 0 saturated heterocycles. The van der Waals surface area contributed by atoms with E-state index in [4.69, 9.17) is 9.47 Å². The second kappa shape index (κ2) is 10.5. The van der Waals surface area contributed by atoms with Crippen molar-refractivity contribution in [2.24, 2.45) is 0 Å². The maximum absolute atomic E-state index is 13.2. The number of sulfonamides is 1. The van der Waals surface area contributed by atoms with Gasteiger partial charge in [0.1, 0.15) is 5.75 Å². The van der Waals surface area contributed by atoms with Crippen molar-refractivity contribution in [3.63, 3.8) is 0 Å². The molecular formula is C25H26N2O6S. The van der Waals surface area contributed by atoms with Crippen LogP contribution in [-0.4, -0.2) is 45.8 Å². The van der Waals surface area contributed by atoms with Crippen molar-refractivity contribution in [2.45, 2.75) is 17.9 Å². The Balaban J connectivity index is 1.87. The summed E-state index contributed by atoms with van der Waals surface area (Å²) in [6.45, 7) is 1.88. The van der Waals surface area contributed by atoms with Crippen molar-refractivity contribution in [1.82, 2.24) is 4.31 Å². The van der Waals surface area contributed by atoms with Gasteiger partial charge in [-0.3, -0.25) is 4.79 Å². The summed E-state index contributed by atoms with van der Waals surface area (Å²) in [5, 5.41) is 2.77. The summed E-state index contributed by atoms with van der Waals surface area (Å²) in [6.07, 6.45) is -1.25. The lowest BCUT2D eigenvalue weighted by Crippen LogP contribution is -2.26. The van der Waals surface area contributed by atoms with Gasteiger partial charge in [0, 0.05) is 19.7 Å². The molecule has 3 rings (SSSR count). The van der Waals surface area contributed by atoms with E-state index < -0.39 is 28.0 Å². The second-order valence-corrected chi connectivity index (χ2v) is 9.85. The number of amides is 1. The molecule has 3 aromatic rings. The highest BCUT2D eigenvalue weighted by Gasteiger charge is 2.27. The Labute approximate surface area is 199 Å². The summed E-state index contributed by atoms with van der Waals surface area (Å²) in [7, 11) is 0.698. The molecule has 1 unspecified atom stereocenters. The molecule has 0 saturated carbocycles. The molecule has 0 heterocycles. The molecule has 8 nitrogen and oxygen atoms in total. The number of methoxy groups -OCH3 is 1. The average Bonchev–Trinajstić information content (AvgIpc) is 2.83. The minimum absolute atomic E-state index is 0.0398. The lowest BCUT2D eigenvalue weighted by Gasteiger charge is -2.19. The zero-order chi connectivity index (χ0) is 24.9. The lowest BCUT2D eigenvalue weighted by molar-refractivity contribution is -0.125. The third-order valence-corrected chi connectivity index (χ3v) is 6.88. The number of carbonyl (C=O) groups is 2. The summed E-state index contributed by atoms with van der Waals surface area (Å²) in [4.78, 5) is 26.1. The minimum atomic E-state index is -3.64. The van der Waals surface area contributed by atoms with E-state index in [0.29, 0.717) is 17.0 Å². The fraction of sp³-hybridized carbons (Fsp3) is 0.200. The first kappa shape index (κ1) is 24.9. The van der Waals surface area contributed by atoms with Crippen molar-refractivity contribution in [2.75, 3.05) is 26.5 Å². The number of nitrogens with one attached hydrogen (secondary N) is 1. The molecule has 1 N–H and O–H groups in total. The Morgan fingerprint density at radius 3 is 2.18 bits per heavy atom. The van der Waals surface area contributed by atoms with E-state index in [0.717, 1.165) is 9.87 Å². The molecule has 3 aromatic carbocycles. The largest absolute Gasteiger partial charge is 0.495 e. The van der Waals surface area contributed by atoms with Crippen LogP contribution in [0.1, 0.15) is 27.6 Å². The van der Waals surface area contributed by atoms with Crippen LogP contribution < -0.4 is 10.1 Å². The van der Waals surface area contributed by atoms with E-state index in [9.17, 15) is 18.0 Å². The van der Waals surface area contributed by atoms with Gasteiger partial charge >= 0.3 is 5.97 Å². The third kappa shape index (κ3) is 5.62. The number of hydrogen-bond acceptors (Lipinski definition) is 6. The Morgan fingerprint density at radius 2 is 1.59 bits per heavy atom. The molecule has 34 heavy (non-hydrogen) atoms. The first-order valence-electron chi connectivity index (χ1n) is 10.4. The molecule has 0 aliphatic carbocycles. The number of benzene rings is 3. The van der Waals surface area contributed by atoms with Gasteiger partial charge in [0.05, 0.1) is 23.3 Å². The Hall–Kier alpha value is -3.69. The van der Waals surface area contributed by atoms with Crippen molar-refractivity contribution >= 4 is 27.6 Å². The van der Waals surface area contributed by atoms with Crippen molar-refractivity contribution in [3.8, 4) is 5.75 Å². The minimum Gasteiger partial charge on any atom is -0.495 e. The van der Waals surface area contributed by atoms with E-state index in [1.165, 1.54) is 45.5 Å². The molecule has 0 radical (unpaired) electrons. The predicted octanol–water partition coefficient (Wildman–Crippen LogP) is 3.79. The standard InChI is InChI=1S/C25H26N2O6S/c1-17-10-15-22(32-4)21(16-17)26-24(28)23(18-8-6-5-7-9-18)33-25(29)19-11-13-20(14-12-19)34(30,31)27(2)3/h5-16,23H,1-4H3,(H,26,28). The van der Waals surface area contributed by atoms with Gasteiger partial charge in [0.15, 0.2) is 0 Å². The summed E-state index contributed by atoms with van der Waals surface area (Å²) in [6, 6.07) is 19.3. The van der Waals surface area contributed by atoms with Gasteiger partial charge in [0.25, 0.3) is 5.91 Å². The molecular weight excluding hydrogens is 456 g/mol. The molecule has 0 aliphatic heterocycles. The number of ether oxygens (including phenoxy) is 2. The normalized spacial score (nSPS) is 12.1. The van der Waals surface area contributed by atoms with Crippen LogP contribution in [0.4, 0.5) is 5.69 Å². The number of nitrogens with zero attached hydrogens (tertiary/aromatic N) is 1. The molecule has 0 bridgehead atoms. The number of rotatable bonds is 8. The zero-order valence-corrected chi connectivity index (χ0v) is 20.1. The van der Waals surface area contributed by atoms with E-state index in [1.54, 1.807) is 42.5 Å². The summed E-state index contributed by atoms with van der Waals surface area (Å²) in [5.41, 5.74) is 1.95. The predicted molar refractivity (Wildman–Crippen MR) is 128 cm³/mol. The van der Waals surface area contributed by atoms with Crippen LogP contribution in [0, 0.1) is 6.92 Å². The fourth-order valence-electron chi connectivity index (χ4n) is 3.17. The van der Waals surface area contributed by atoms with Gasteiger partial charge in [0.2, 0.25) is 16.1 Å². The van der Waals surface area contributed by atoms with Crippen LogP contribution in [0.3, 0.4) is 0 Å². The number of esters is 1. The van der Waals surface area contributed by atoms with Gasteiger partial charge < -0.3 is 14.8 Å². The SMILES string of the molecule is COc1ccc(C)cc1NC(=O)C(OC(=O)c1ccc(S(=O)(=O)N(C)C)cc1)c1ccccc1. The topological polar surface area (TPSA) is 102 Å². The first-order valence-corrected chi connectivity index (χ1v) is 11.8. The molecule has 178 valence electrons. The van der Waals surface area contributed by atoms with E-state index in [1.807, 2.05) is 13.0 Å². The monoisotopic (exact) mass is 482 g/mol. The Bertz CT molecular complexity index is 1270. The highest BCUT2D eigenvalue weighted by Crippen LogP contribution is 2.28. The summed E-state index contributed by atoms with van der Waals surface area (Å²) >= 11 is 0. The van der Waals surface area contributed by atoms with Crippen LogP contribution in [-0.2, 0) is 19.6 Å². The maximum Gasteiger partial charge on any atom is 0.339 e. The van der Waals surface area contributed by atoms with Crippen LogP contribution in [0.5, 0.6) is 5.75 Å². The highest BCUT2D eigenvalue weighted by molar-refractivity contribution is 7.89. The summed E-state index contributed by atoms with van der Waals surface area (Å²) in [5.74, 6) is -0.862. The Morgan fingerprint density at radius 1 is 0.941 bits per heavy atom. The van der Waals surface area contributed by atoms with Gasteiger partial charge in [-0.1, -0.05) is 36.4 Å². The highest BCUT2D eigenvalue weighted by atomic mass is 32.2. The van der Waals surface area contributed by atoms with Gasteiger partial charge in [-0.15, -0.1) is 0 Å². The second-order valence-electron chi connectivity index (χ2n) is 7.70. The van der Waals surface area contributed by atoms with Crippen LogP contribution in [0.15, 0.2) is 77.7 Å². The van der Waals surface area contributed by atoms with Gasteiger partial charge in [-0.25, -0.2) is 17.5 Å². The molecule has 0 spiro atoms. The van der Waals surface area contributed by atoms with Crippen molar-refractivity contribution in [1.29, 1.82) is 0 Å².